The van der Waals surface area contributed by atoms with E-state index in [-0.39, 0.29) is 10.9 Å². The van der Waals surface area contributed by atoms with Gasteiger partial charge in [0.1, 0.15) is 30.0 Å². The molecule has 1 saturated heterocycles. The van der Waals surface area contributed by atoms with Gasteiger partial charge >= 0.3 is 5.97 Å². The summed E-state index contributed by atoms with van der Waals surface area (Å²) in [6.45, 7) is 5.37. The van der Waals surface area contributed by atoms with Crippen LogP contribution in [0.1, 0.15) is 22.8 Å². The molecule has 0 spiro atoms. The fraction of sp³-hybridized carbons (Fsp3) is 0.346. The highest BCUT2D eigenvalue weighted by Gasteiger charge is 2.23. The van der Waals surface area contributed by atoms with E-state index in [1.165, 1.54) is 13.3 Å². The predicted molar refractivity (Wildman–Crippen MR) is 136 cm³/mol. The third-order valence-electron chi connectivity index (χ3n) is 6.43. The van der Waals surface area contributed by atoms with Gasteiger partial charge in [0.05, 0.1) is 18.3 Å². The molecule has 0 unspecified atom stereocenters. The molecule has 9 nitrogen and oxygen atoms in total. The van der Waals surface area contributed by atoms with Crippen molar-refractivity contribution in [3.63, 3.8) is 0 Å². The van der Waals surface area contributed by atoms with Crippen molar-refractivity contribution in [2.75, 3.05) is 51.8 Å². The Morgan fingerprint density at radius 3 is 2.39 bits per heavy atom. The number of hydrogen-bond acceptors (Lipinski definition) is 7. The molecular weight excluding hydrogens is 467 g/mol. The molecule has 0 saturated carbocycles. The number of aromatic carboxylic acids is 1. The molecule has 2 heterocycles. The zero-order valence-corrected chi connectivity index (χ0v) is 20.5. The van der Waals surface area contributed by atoms with Crippen molar-refractivity contribution in [2.24, 2.45) is 5.16 Å². The van der Waals surface area contributed by atoms with Crippen LogP contribution in [0.3, 0.4) is 0 Å². The second-order valence-electron chi connectivity index (χ2n) is 8.50. The lowest BCUT2D eigenvalue weighted by atomic mass is 10.1. The van der Waals surface area contributed by atoms with Crippen molar-refractivity contribution in [3.8, 4) is 5.75 Å². The van der Waals surface area contributed by atoms with Crippen LogP contribution in [0, 0.1) is 5.82 Å². The van der Waals surface area contributed by atoms with E-state index in [2.05, 4.69) is 10.1 Å². The number of carboxylic acid groups (broad SMARTS) is 1. The average Bonchev–Trinajstić information content (AvgIpc) is 2.89. The topological polar surface area (TPSA) is 96.6 Å². The molecule has 0 amide bonds. The monoisotopic (exact) mass is 496 g/mol. The fourth-order valence-electron chi connectivity index (χ4n) is 4.48. The van der Waals surface area contributed by atoms with Crippen LogP contribution in [0.5, 0.6) is 5.75 Å². The first-order valence-electron chi connectivity index (χ1n) is 11.7. The summed E-state index contributed by atoms with van der Waals surface area (Å²) in [7, 11) is 3.13. The van der Waals surface area contributed by atoms with Crippen LogP contribution in [0.4, 0.5) is 10.1 Å². The Balaban J connectivity index is 1.53. The molecule has 3 aromatic rings. The Hall–Kier alpha value is -3.92. The summed E-state index contributed by atoms with van der Waals surface area (Å²) in [5.74, 6) is -1.11. The maximum atomic E-state index is 15.1. The summed E-state index contributed by atoms with van der Waals surface area (Å²) in [6.07, 6.45) is 1.32. The van der Waals surface area contributed by atoms with Crippen molar-refractivity contribution < 1.29 is 23.9 Å². The van der Waals surface area contributed by atoms with Crippen molar-refractivity contribution in [1.82, 2.24) is 9.47 Å². The minimum atomic E-state index is -1.32. The van der Waals surface area contributed by atoms with E-state index in [4.69, 9.17) is 9.57 Å². The molecule has 2 aromatic carbocycles. The van der Waals surface area contributed by atoms with E-state index in [0.717, 1.165) is 23.1 Å². The van der Waals surface area contributed by atoms with Crippen molar-refractivity contribution in [2.45, 2.75) is 13.5 Å². The number of anilines is 1. The number of aromatic nitrogens is 1. The van der Waals surface area contributed by atoms with E-state index in [0.29, 0.717) is 50.5 Å². The lowest BCUT2D eigenvalue weighted by Crippen LogP contribution is -2.48. The maximum Gasteiger partial charge on any atom is 0.341 e. The summed E-state index contributed by atoms with van der Waals surface area (Å²) >= 11 is 0. The lowest BCUT2D eigenvalue weighted by Gasteiger charge is -2.36. The van der Waals surface area contributed by atoms with Crippen LogP contribution >= 0.6 is 0 Å². The highest BCUT2D eigenvalue weighted by Crippen LogP contribution is 2.26. The number of pyridine rings is 1. The second kappa shape index (κ2) is 10.8. The van der Waals surface area contributed by atoms with Gasteiger partial charge in [-0.3, -0.25) is 9.69 Å². The van der Waals surface area contributed by atoms with Crippen LogP contribution in [0.15, 0.2) is 52.5 Å². The number of ether oxygens (including phenoxy) is 1. The van der Waals surface area contributed by atoms with Crippen LogP contribution in [-0.4, -0.2) is 73.2 Å². The molecule has 4 rings (SSSR count). The van der Waals surface area contributed by atoms with Crippen molar-refractivity contribution in [3.05, 3.63) is 69.8 Å². The van der Waals surface area contributed by atoms with Crippen molar-refractivity contribution in [1.29, 1.82) is 0 Å². The van der Waals surface area contributed by atoms with Gasteiger partial charge in [-0.25, -0.2) is 9.18 Å². The smallest absolute Gasteiger partial charge is 0.341 e. The molecule has 1 N–H and O–H groups in total. The van der Waals surface area contributed by atoms with E-state index >= 15 is 4.39 Å². The number of methoxy groups -OCH3 is 1. The van der Waals surface area contributed by atoms with Crippen molar-refractivity contribution >= 4 is 28.3 Å². The summed E-state index contributed by atoms with van der Waals surface area (Å²) in [5, 5.41) is 13.6. The molecule has 1 fully saturated rings. The molecule has 36 heavy (non-hydrogen) atoms. The summed E-state index contributed by atoms with van der Waals surface area (Å²) in [4.78, 5) is 33.3. The van der Waals surface area contributed by atoms with Crippen LogP contribution in [0.25, 0.3) is 10.9 Å². The summed E-state index contributed by atoms with van der Waals surface area (Å²) < 4.78 is 22.0. The fourth-order valence-corrected chi connectivity index (χ4v) is 4.48. The molecule has 190 valence electrons. The minimum Gasteiger partial charge on any atom is -0.497 e. The van der Waals surface area contributed by atoms with Crippen LogP contribution < -0.4 is 15.1 Å². The maximum absolute atomic E-state index is 15.1. The molecule has 1 aliphatic heterocycles. The molecule has 1 aliphatic rings. The van der Waals surface area contributed by atoms with Gasteiger partial charge in [-0.05, 0) is 43.3 Å². The number of nitrogens with zero attached hydrogens (tertiary/aromatic N) is 4. The van der Waals surface area contributed by atoms with Gasteiger partial charge in [-0.15, -0.1) is 0 Å². The first-order valence-corrected chi connectivity index (χ1v) is 11.7. The molecule has 0 aliphatic carbocycles. The number of carboxylic acids is 1. The Bertz CT molecular complexity index is 1350. The third kappa shape index (κ3) is 5.03. The normalized spacial score (nSPS) is 14.8. The van der Waals surface area contributed by atoms with Crippen LogP contribution in [0.2, 0.25) is 0 Å². The van der Waals surface area contributed by atoms with Gasteiger partial charge in [0.15, 0.2) is 0 Å². The molecular formula is C26H29FN4O5. The Morgan fingerprint density at radius 1 is 1.11 bits per heavy atom. The predicted octanol–water partition coefficient (Wildman–Crippen LogP) is 3.04. The highest BCUT2D eigenvalue weighted by atomic mass is 19.1. The largest absolute Gasteiger partial charge is 0.497 e. The zero-order chi connectivity index (χ0) is 25.8. The summed E-state index contributed by atoms with van der Waals surface area (Å²) in [6, 6.07) is 10.4. The number of rotatable bonds is 8. The van der Waals surface area contributed by atoms with Gasteiger partial charge in [0.2, 0.25) is 5.43 Å². The average molecular weight is 497 g/mol. The van der Waals surface area contributed by atoms with E-state index in [9.17, 15) is 14.7 Å². The van der Waals surface area contributed by atoms with Gasteiger partial charge in [-0.2, -0.15) is 0 Å². The van der Waals surface area contributed by atoms with Gasteiger partial charge < -0.3 is 24.1 Å². The van der Waals surface area contributed by atoms with E-state index < -0.39 is 17.2 Å². The number of hydrogen-bond donors (Lipinski definition) is 1. The molecule has 0 radical (unpaired) electrons. The second-order valence-corrected chi connectivity index (χ2v) is 8.50. The number of benzene rings is 2. The number of piperazine rings is 1. The highest BCUT2D eigenvalue weighted by molar-refractivity contribution is 6.01. The Labute approximate surface area is 207 Å². The first kappa shape index (κ1) is 25.2. The number of aryl methyl sites for hydroxylation is 1. The van der Waals surface area contributed by atoms with E-state index in [1.807, 2.05) is 36.1 Å². The zero-order valence-electron chi connectivity index (χ0n) is 20.5. The molecule has 0 bridgehead atoms. The molecule has 0 atom stereocenters. The van der Waals surface area contributed by atoms with E-state index in [1.54, 1.807) is 17.7 Å². The lowest BCUT2D eigenvalue weighted by molar-refractivity contribution is 0.0695. The first-order chi connectivity index (χ1) is 17.4. The summed E-state index contributed by atoms with van der Waals surface area (Å²) in [5.41, 5.74) is 1.58. The third-order valence-corrected chi connectivity index (χ3v) is 6.43. The number of oxime groups is 1. The minimum absolute atomic E-state index is 0.0662. The van der Waals surface area contributed by atoms with Gasteiger partial charge in [0, 0.05) is 56.4 Å². The number of halogens is 1. The Kier molecular flexibility index (Phi) is 7.54. The SMILES string of the molecule is CCn1cc(C(=O)O)c(=O)c2cc(F)c(N3CCN(C/C(=N\OC)c4ccc(OC)cc4)CC3)cc21. The molecule has 1 aromatic heterocycles. The number of carbonyl (C=O) groups is 1. The van der Waals surface area contributed by atoms with Gasteiger partial charge in [0.25, 0.3) is 0 Å². The molecule has 10 heteroatoms. The Morgan fingerprint density at radius 2 is 1.81 bits per heavy atom. The quantitative estimate of drug-likeness (QED) is 0.378. The number of fused-ring (bicyclic) bond motifs is 1. The van der Waals surface area contributed by atoms with Crippen LogP contribution in [-0.2, 0) is 11.4 Å². The standard InChI is InChI=1S/C26H29FN4O5/c1-4-30-15-20(26(33)34)25(32)19-13-21(27)24(14-23(19)30)31-11-9-29(10-12-31)16-22(28-36-3)17-5-7-18(35-2)8-6-17/h5-8,13-15H,4,9-12,16H2,1-3H3,(H,33,34)/b28-22+. The van der Waals surface area contributed by atoms with Gasteiger partial charge in [-0.1, -0.05) is 5.16 Å².